The van der Waals surface area contributed by atoms with Crippen molar-refractivity contribution in [3.05, 3.63) is 76.2 Å². The lowest BCUT2D eigenvalue weighted by Crippen LogP contribution is -2.49. The number of thiazole rings is 1. The normalized spacial score (nSPS) is 15.6. The van der Waals surface area contributed by atoms with Crippen molar-refractivity contribution in [2.45, 2.75) is 26.1 Å². The van der Waals surface area contributed by atoms with Gasteiger partial charge in [0.05, 0.1) is 30.0 Å². The maximum Gasteiger partial charge on any atom is 0.266 e. The van der Waals surface area contributed by atoms with E-state index in [-0.39, 0.29) is 5.91 Å². The summed E-state index contributed by atoms with van der Waals surface area (Å²) in [4.78, 5) is 22.9. The van der Waals surface area contributed by atoms with Gasteiger partial charge in [0.25, 0.3) is 5.91 Å². The van der Waals surface area contributed by atoms with Gasteiger partial charge in [-0.25, -0.2) is 4.98 Å². The maximum absolute atomic E-state index is 13.5. The highest BCUT2D eigenvalue weighted by atomic mass is 32.1. The first kappa shape index (κ1) is 18.5. The molecule has 0 N–H and O–H groups in total. The SMILES string of the molecule is Cc1ncsc1CN(Cc1ccccc1)C(=O)C1CN(C)c2ccccc2O1. The lowest BCUT2D eigenvalue weighted by molar-refractivity contribution is -0.139. The molecule has 1 atom stereocenters. The Labute approximate surface area is 169 Å². The highest BCUT2D eigenvalue weighted by Gasteiger charge is 2.32. The number of benzene rings is 2. The number of fused-ring (bicyclic) bond motifs is 1. The van der Waals surface area contributed by atoms with Crippen LogP contribution in [0, 0.1) is 6.92 Å². The average Bonchev–Trinajstić information content (AvgIpc) is 3.12. The number of rotatable bonds is 5. The molecule has 144 valence electrons. The Morgan fingerprint density at radius 3 is 2.68 bits per heavy atom. The molecule has 0 radical (unpaired) electrons. The van der Waals surface area contributed by atoms with E-state index in [1.54, 1.807) is 11.3 Å². The number of para-hydroxylation sites is 2. The van der Waals surface area contributed by atoms with E-state index in [1.807, 2.05) is 79.0 Å². The third-order valence-corrected chi connectivity index (χ3v) is 5.89. The lowest BCUT2D eigenvalue weighted by Gasteiger charge is -2.35. The van der Waals surface area contributed by atoms with Crippen molar-refractivity contribution in [2.24, 2.45) is 0 Å². The highest BCUT2D eigenvalue weighted by Crippen LogP contribution is 2.32. The van der Waals surface area contributed by atoms with Crippen molar-refractivity contribution < 1.29 is 9.53 Å². The highest BCUT2D eigenvalue weighted by molar-refractivity contribution is 7.09. The van der Waals surface area contributed by atoms with Crippen LogP contribution in [-0.4, -0.2) is 35.5 Å². The van der Waals surface area contributed by atoms with Crippen LogP contribution in [0.1, 0.15) is 16.1 Å². The quantitative estimate of drug-likeness (QED) is 0.660. The number of aromatic nitrogens is 1. The van der Waals surface area contributed by atoms with E-state index in [2.05, 4.69) is 9.88 Å². The van der Waals surface area contributed by atoms with Crippen molar-refractivity contribution in [1.82, 2.24) is 9.88 Å². The fourth-order valence-corrected chi connectivity index (χ4v) is 4.20. The molecule has 4 rings (SSSR count). The topological polar surface area (TPSA) is 45.7 Å². The second kappa shape index (κ2) is 8.02. The van der Waals surface area contributed by atoms with E-state index in [0.29, 0.717) is 19.6 Å². The molecule has 0 aliphatic carbocycles. The van der Waals surface area contributed by atoms with Crippen molar-refractivity contribution in [2.75, 3.05) is 18.5 Å². The first-order valence-electron chi connectivity index (χ1n) is 9.30. The maximum atomic E-state index is 13.5. The van der Waals surface area contributed by atoms with E-state index >= 15 is 0 Å². The van der Waals surface area contributed by atoms with E-state index in [1.165, 1.54) is 0 Å². The summed E-state index contributed by atoms with van der Waals surface area (Å²) in [5.74, 6) is 0.751. The molecule has 0 bridgehead atoms. The summed E-state index contributed by atoms with van der Waals surface area (Å²) in [5, 5.41) is 0. The van der Waals surface area contributed by atoms with Crippen LogP contribution in [0.3, 0.4) is 0 Å². The van der Waals surface area contributed by atoms with Gasteiger partial charge in [0.1, 0.15) is 5.75 Å². The fourth-order valence-electron chi connectivity index (χ4n) is 3.41. The van der Waals surface area contributed by atoms with E-state index in [0.717, 1.165) is 27.6 Å². The van der Waals surface area contributed by atoms with Crippen molar-refractivity contribution in [3.63, 3.8) is 0 Å². The Morgan fingerprint density at radius 2 is 1.93 bits per heavy atom. The summed E-state index contributed by atoms with van der Waals surface area (Å²) in [6.45, 7) is 3.60. The van der Waals surface area contributed by atoms with Gasteiger partial charge in [0.15, 0.2) is 6.10 Å². The molecule has 1 unspecified atom stereocenters. The molecule has 1 amide bonds. The van der Waals surface area contributed by atoms with Gasteiger partial charge >= 0.3 is 0 Å². The van der Waals surface area contributed by atoms with E-state index < -0.39 is 6.10 Å². The van der Waals surface area contributed by atoms with Crippen LogP contribution in [-0.2, 0) is 17.9 Å². The number of likely N-dealkylation sites (N-methyl/N-ethyl adjacent to an activating group) is 1. The minimum atomic E-state index is -0.531. The Kier molecular flexibility index (Phi) is 5.30. The van der Waals surface area contributed by atoms with Gasteiger partial charge in [0, 0.05) is 18.5 Å². The zero-order valence-electron chi connectivity index (χ0n) is 16.0. The molecule has 0 fully saturated rings. The van der Waals surface area contributed by atoms with Crippen LogP contribution in [0.15, 0.2) is 60.1 Å². The summed E-state index contributed by atoms with van der Waals surface area (Å²) in [7, 11) is 2.00. The van der Waals surface area contributed by atoms with Gasteiger partial charge in [-0.2, -0.15) is 0 Å². The first-order chi connectivity index (χ1) is 13.6. The Hall–Kier alpha value is -2.86. The van der Waals surface area contributed by atoms with Gasteiger partial charge in [-0.1, -0.05) is 42.5 Å². The minimum Gasteiger partial charge on any atom is -0.477 e. The molecule has 2 aromatic carbocycles. The van der Waals surface area contributed by atoms with Crippen LogP contribution in [0.25, 0.3) is 0 Å². The molecule has 3 aromatic rings. The summed E-state index contributed by atoms with van der Waals surface area (Å²) >= 11 is 1.59. The summed E-state index contributed by atoms with van der Waals surface area (Å²) < 4.78 is 6.09. The second-order valence-corrected chi connectivity index (χ2v) is 7.93. The summed E-state index contributed by atoms with van der Waals surface area (Å²) in [6.07, 6.45) is -0.531. The molecule has 28 heavy (non-hydrogen) atoms. The molecular weight excluding hydrogens is 370 g/mol. The molecule has 0 saturated carbocycles. The third-order valence-electron chi connectivity index (χ3n) is 4.97. The predicted octanol–water partition coefficient (Wildman–Crippen LogP) is 3.88. The van der Waals surface area contributed by atoms with Gasteiger partial charge < -0.3 is 14.5 Å². The second-order valence-electron chi connectivity index (χ2n) is 7.00. The van der Waals surface area contributed by atoms with Crippen molar-refractivity contribution in [3.8, 4) is 5.75 Å². The van der Waals surface area contributed by atoms with Crippen molar-refractivity contribution >= 4 is 22.9 Å². The lowest BCUT2D eigenvalue weighted by atomic mass is 10.1. The molecule has 0 saturated heterocycles. The number of amides is 1. The zero-order chi connectivity index (χ0) is 19.5. The Balaban J connectivity index is 1.58. The molecular formula is C22H23N3O2S. The molecule has 1 aliphatic rings. The zero-order valence-corrected chi connectivity index (χ0v) is 16.9. The third kappa shape index (κ3) is 3.87. The number of ether oxygens (including phenoxy) is 1. The molecule has 5 nitrogen and oxygen atoms in total. The number of aryl methyl sites for hydroxylation is 1. The van der Waals surface area contributed by atoms with E-state index in [4.69, 9.17) is 4.74 Å². The summed E-state index contributed by atoms with van der Waals surface area (Å²) in [5.41, 5.74) is 4.92. The van der Waals surface area contributed by atoms with Crippen LogP contribution < -0.4 is 9.64 Å². The largest absolute Gasteiger partial charge is 0.477 e. The molecule has 1 aliphatic heterocycles. The number of carbonyl (C=O) groups excluding carboxylic acids is 1. The van der Waals surface area contributed by atoms with Gasteiger partial charge in [0.2, 0.25) is 0 Å². The van der Waals surface area contributed by atoms with Gasteiger partial charge in [-0.3, -0.25) is 4.79 Å². The van der Waals surface area contributed by atoms with Gasteiger partial charge in [-0.05, 0) is 24.6 Å². The average molecular weight is 394 g/mol. The molecule has 0 spiro atoms. The number of hydrogen-bond donors (Lipinski definition) is 0. The number of anilines is 1. The molecule has 2 heterocycles. The monoisotopic (exact) mass is 393 g/mol. The Morgan fingerprint density at radius 1 is 1.18 bits per heavy atom. The van der Waals surface area contributed by atoms with Crippen LogP contribution in [0.2, 0.25) is 0 Å². The fraction of sp³-hybridized carbons (Fsp3) is 0.273. The van der Waals surface area contributed by atoms with Gasteiger partial charge in [-0.15, -0.1) is 11.3 Å². The van der Waals surface area contributed by atoms with Crippen molar-refractivity contribution in [1.29, 1.82) is 0 Å². The number of hydrogen-bond acceptors (Lipinski definition) is 5. The molecule has 1 aromatic heterocycles. The van der Waals surface area contributed by atoms with Crippen LogP contribution >= 0.6 is 11.3 Å². The first-order valence-corrected chi connectivity index (χ1v) is 10.2. The van der Waals surface area contributed by atoms with Crippen LogP contribution in [0.4, 0.5) is 5.69 Å². The number of carbonyl (C=O) groups is 1. The molecule has 6 heteroatoms. The minimum absolute atomic E-state index is 0.00185. The smallest absolute Gasteiger partial charge is 0.266 e. The number of nitrogens with zero attached hydrogens (tertiary/aromatic N) is 3. The van der Waals surface area contributed by atoms with Crippen LogP contribution in [0.5, 0.6) is 5.75 Å². The Bertz CT molecular complexity index is 957. The predicted molar refractivity (Wildman–Crippen MR) is 112 cm³/mol. The standard InChI is InChI=1S/C22H23N3O2S/c1-16-21(28-15-23-16)14-25(12-17-8-4-3-5-9-17)22(26)20-13-24(2)18-10-6-7-11-19(18)27-20/h3-11,15,20H,12-14H2,1-2H3. The van der Waals surface area contributed by atoms with E-state index in [9.17, 15) is 4.79 Å². The summed E-state index contributed by atoms with van der Waals surface area (Å²) in [6, 6.07) is 17.9.